The van der Waals surface area contributed by atoms with E-state index in [2.05, 4.69) is 48.3 Å². The Morgan fingerprint density at radius 1 is 0.895 bits per heavy atom. The van der Waals surface area contributed by atoms with Crippen LogP contribution in [-0.2, 0) is 0 Å². The molecule has 0 saturated heterocycles. The molecule has 0 saturated carbocycles. The second-order valence-electron chi connectivity index (χ2n) is 4.92. The minimum atomic E-state index is 0.884. The van der Waals surface area contributed by atoms with Crippen molar-refractivity contribution in [2.75, 3.05) is 0 Å². The van der Waals surface area contributed by atoms with E-state index in [1.807, 2.05) is 18.2 Å². The Morgan fingerprint density at radius 3 is 2.68 bits per heavy atom. The molecule has 2 heteroatoms. The summed E-state index contributed by atoms with van der Waals surface area (Å²) in [7, 11) is 0. The van der Waals surface area contributed by atoms with Gasteiger partial charge in [0.25, 0.3) is 0 Å². The molecule has 0 bridgehead atoms. The Labute approximate surface area is 110 Å². The van der Waals surface area contributed by atoms with Gasteiger partial charge in [-0.3, -0.25) is 0 Å². The average molecular weight is 247 g/mol. The molecule has 2 heterocycles. The Hall–Kier alpha value is -2.48. The second kappa shape index (κ2) is 3.75. The van der Waals surface area contributed by atoms with E-state index in [1.54, 1.807) is 0 Å². The number of aromatic amines is 1. The van der Waals surface area contributed by atoms with Crippen LogP contribution in [-0.4, -0.2) is 4.98 Å². The summed E-state index contributed by atoms with van der Waals surface area (Å²) in [6.07, 6.45) is 0. The van der Waals surface area contributed by atoms with E-state index in [0.717, 1.165) is 27.9 Å². The summed E-state index contributed by atoms with van der Waals surface area (Å²) in [6, 6.07) is 18.7. The third kappa shape index (κ3) is 1.65. The van der Waals surface area contributed by atoms with Crippen LogP contribution in [0.5, 0.6) is 0 Å². The van der Waals surface area contributed by atoms with E-state index in [-0.39, 0.29) is 0 Å². The van der Waals surface area contributed by atoms with Crippen molar-refractivity contribution in [3.05, 3.63) is 60.2 Å². The summed E-state index contributed by atoms with van der Waals surface area (Å²) in [5, 5.41) is 2.35. The van der Waals surface area contributed by atoms with Crippen molar-refractivity contribution in [2.45, 2.75) is 6.92 Å². The normalized spacial score (nSPS) is 11.4. The van der Waals surface area contributed by atoms with Crippen molar-refractivity contribution in [3.63, 3.8) is 0 Å². The highest BCUT2D eigenvalue weighted by Gasteiger charge is 2.08. The number of fused-ring (bicyclic) bond motifs is 2. The van der Waals surface area contributed by atoms with E-state index in [1.165, 1.54) is 10.9 Å². The fraction of sp³-hybridized carbons (Fsp3) is 0.0588. The molecule has 0 aliphatic rings. The molecule has 2 aromatic heterocycles. The molecule has 1 N–H and O–H groups in total. The van der Waals surface area contributed by atoms with Gasteiger partial charge in [0.15, 0.2) is 5.76 Å². The quantitative estimate of drug-likeness (QED) is 0.509. The van der Waals surface area contributed by atoms with Crippen LogP contribution in [0, 0.1) is 6.92 Å². The van der Waals surface area contributed by atoms with Gasteiger partial charge in [-0.2, -0.15) is 0 Å². The van der Waals surface area contributed by atoms with Crippen LogP contribution in [0.25, 0.3) is 33.3 Å². The van der Waals surface area contributed by atoms with Crippen LogP contribution in [0.3, 0.4) is 0 Å². The molecule has 0 aliphatic heterocycles. The first-order chi connectivity index (χ1) is 9.29. The molecule has 0 atom stereocenters. The Kier molecular flexibility index (Phi) is 2.06. The van der Waals surface area contributed by atoms with Gasteiger partial charge in [-0.25, -0.2) is 0 Å². The highest BCUT2D eigenvalue weighted by atomic mass is 16.3. The van der Waals surface area contributed by atoms with Crippen LogP contribution < -0.4 is 0 Å². The summed E-state index contributed by atoms with van der Waals surface area (Å²) in [5.41, 5.74) is 4.35. The van der Waals surface area contributed by atoms with E-state index in [9.17, 15) is 0 Å². The van der Waals surface area contributed by atoms with Crippen molar-refractivity contribution in [1.29, 1.82) is 0 Å². The number of aromatic nitrogens is 1. The van der Waals surface area contributed by atoms with Gasteiger partial charge in [0.1, 0.15) is 5.58 Å². The summed E-state index contributed by atoms with van der Waals surface area (Å²) in [6.45, 7) is 2.10. The Balaban J connectivity index is 1.93. The number of nitrogens with one attached hydrogen (secondary N) is 1. The third-order valence-electron chi connectivity index (χ3n) is 3.47. The van der Waals surface area contributed by atoms with Crippen LogP contribution in [0.15, 0.2) is 59.0 Å². The van der Waals surface area contributed by atoms with Crippen molar-refractivity contribution < 1.29 is 4.42 Å². The topological polar surface area (TPSA) is 28.9 Å². The number of para-hydroxylation sites is 1. The first-order valence-corrected chi connectivity index (χ1v) is 6.38. The molecular weight excluding hydrogens is 234 g/mol. The summed E-state index contributed by atoms with van der Waals surface area (Å²) >= 11 is 0. The monoisotopic (exact) mass is 247 g/mol. The maximum absolute atomic E-state index is 5.88. The molecule has 19 heavy (non-hydrogen) atoms. The predicted octanol–water partition coefficient (Wildman–Crippen LogP) is 4.89. The number of H-pyrrole nitrogens is 1. The van der Waals surface area contributed by atoms with Crippen molar-refractivity contribution in [1.82, 2.24) is 4.98 Å². The fourth-order valence-electron chi connectivity index (χ4n) is 2.50. The fourth-order valence-corrected chi connectivity index (χ4v) is 2.50. The summed E-state index contributed by atoms with van der Waals surface area (Å²) in [5.74, 6) is 0.884. The lowest BCUT2D eigenvalue weighted by molar-refractivity contribution is 0.629. The molecule has 4 aromatic rings. The third-order valence-corrected chi connectivity index (χ3v) is 3.47. The van der Waals surface area contributed by atoms with Gasteiger partial charge in [-0.15, -0.1) is 0 Å². The molecule has 92 valence electrons. The number of hydrogen-bond donors (Lipinski definition) is 1. The molecule has 0 radical (unpaired) electrons. The van der Waals surface area contributed by atoms with E-state index < -0.39 is 0 Å². The van der Waals surface area contributed by atoms with Gasteiger partial charge in [0, 0.05) is 16.3 Å². The maximum Gasteiger partial charge on any atom is 0.151 e. The highest BCUT2D eigenvalue weighted by molar-refractivity contribution is 5.88. The van der Waals surface area contributed by atoms with Crippen LogP contribution in [0.1, 0.15) is 5.56 Å². The van der Waals surface area contributed by atoms with Gasteiger partial charge in [0.2, 0.25) is 0 Å². The van der Waals surface area contributed by atoms with Gasteiger partial charge < -0.3 is 9.40 Å². The molecule has 0 aliphatic carbocycles. The van der Waals surface area contributed by atoms with Gasteiger partial charge >= 0.3 is 0 Å². The maximum atomic E-state index is 5.88. The molecule has 0 spiro atoms. The minimum Gasteiger partial charge on any atom is -0.455 e. The molecule has 0 amide bonds. The highest BCUT2D eigenvalue weighted by Crippen LogP contribution is 2.29. The second-order valence-corrected chi connectivity index (χ2v) is 4.92. The Bertz CT molecular complexity index is 849. The number of benzene rings is 2. The molecule has 4 rings (SSSR count). The zero-order chi connectivity index (χ0) is 12.8. The van der Waals surface area contributed by atoms with Gasteiger partial charge in [-0.1, -0.05) is 29.8 Å². The lowest BCUT2D eigenvalue weighted by atomic mass is 10.2. The van der Waals surface area contributed by atoms with Gasteiger partial charge in [-0.05, 0) is 37.3 Å². The number of furan rings is 1. The molecule has 2 aromatic carbocycles. The minimum absolute atomic E-state index is 0.884. The zero-order valence-electron chi connectivity index (χ0n) is 10.6. The van der Waals surface area contributed by atoms with Crippen LogP contribution >= 0.6 is 0 Å². The molecular formula is C17H13NO. The lowest BCUT2D eigenvalue weighted by Crippen LogP contribution is -1.71. The molecule has 2 nitrogen and oxygen atoms in total. The first kappa shape index (κ1) is 10.4. The number of rotatable bonds is 1. The van der Waals surface area contributed by atoms with E-state index in [0.29, 0.717) is 0 Å². The molecule has 0 unspecified atom stereocenters. The smallest absolute Gasteiger partial charge is 0.151 e. The first-order valence-electron chi connectivity index (χ1n) is 6.38. The van der Waals surface area contributed by atoms with Crippen molar-refractivity contribution in [3.8, 4) is 11.5 Å². The summed E-state index contributed by atoms with van der Waals surface area (Å²) < 4.78 is 5.88. The lowest BCUT2D eigenvalue weighted by Gasteiger charge is -1.90. The number of hydrogen-bond acceptors (Lipinski definition) is 1. The van der Waals surface area contributed by atoms with Crippen LogP contribution in [0.4, 0.5) is 0 Å². The van der Waals surface area contributed by atoms with E-state index >= 15 is 0 Å². The van der Waals surface area contributed by atoms with Gasteiger partial charge in [0.05, 0.1) is 5.69 Å². The largest absolute Gasteiger partial charge is 0.455 e. The van der Waals surface area contributed by atoms with Crippen molar-refractivity contribution >= 4 is 21.9 Å². The van der Waals surface area contributed by atoms with E-state index in [4.69, 9.17) is 4.42 Å². The molecule has 0 fully saturated rings. The van der Waals surface area contributed by atoms with Crippen LogP contribution in [0.2, 0.25) is 0 Å². The standard InChI is InChI=1S/C17H13NO/c1-11-6-7-14-13(8-11)9-15(18-14)17-10-12-4-2-3-5-16(12)19-17/h2-10,18H,1H3. The average Bonchev–Trinajstić information content (AvgIpc) is 3.00. The SMILES string of the molecule is Cc1ccc2[nH]c(-c3cc4ccccc4o3)cc2c1. The Morgan fingerprint density at radius 2 is 1.79 bits per heavy atom. The van der Waals surface area contributed by atoms with Crippen molar-refractivity contribution in [2.24, 2.45) is 0 Å². The zero-order valence-corrected chi connectivity index (χ0v) is 10.6. The number of aryl methyl sites for hydroxylation is 1. The summed E-state index contributed by atoms with van der Waals surface area (Å²) in [4.78, 5) is 3.41. The predicted molar refractivity (Wildman–Crippen MR) is 78.2 cm³/mol.